The number of anilines is 1. The van der Waals surface area contributed by atoms with Crippen LogP contribution in [0.2, 0.25) is 0 Å². The predicted molar refractivity (Wildman–Crippen MR) is 61.9 cm³/mol. The Bertz CT molecular complexity index is 325. The normalized spacial score (nSPS) is 10.3. The molecule has 1 N–H and O–H groups in total. The predicted octanol–water partition coefficient (Wildman–Crippen LogP) is 2.47. The number of rotatable bonds is 6. The van der Waals surface area contributed by atoms with Gasteiger partial charge in [0.2, 0.25) is 0 Å². The molecule has 4 nitrogen and oxygen atoms in total. The molecular formula is C10H16N2O2S. The maximum atomic E-state index is 10.6. The van der Waals surface area contributed by atoms with E-state index < -0.39 is 5.97 Å². The smallest absolute Gasteiger partial charge is 0.355 e. The van der Waals surface area contributed by atoms with E-state index in [4.69, 9.17) is 5.11 Å². The molecule has 0 amide bonds. The first-order chi connectivity index (χ1) is 7.15. The summed E-state index contributed by atoms with van der Waals surface area (Å²) in [6.45, 7) is 3.09. The third kappa shape index (κ3) is 3.51. The molecule has 1 aromatic rings. The third-order valence-electron chi connectivity index (χ3n) is 2.13. The van der Waals surface area contributed by atoms with Crippen LogP contribution in [0.4, 0.5) is 5.13 Å². The van der Waals surface area contributed by atoms with Crippen molar-refractivity contribution in [3.05, 3.63) is 11.1 Å². The summed E-state index contributed by atoms with van der Waals surface area (Å²) in [5.74, 6) is -0.959. The van der Waals surface area contributed by atoms with Crippen LogP contribution in [-0.4, -0.2) is 29.7 Å². The second kappa shape index (κ2) is 5.70. The molecule has 0 aliphatic carbocycles. The number of unbranched alkanes of at least 4 members (excludes halogenated alkanes) is 2. The first kappa shape index (κ1) is 12.0. The van der Waals surface area contributed by atoms with Gasteiger partial charge in [0.15, 0.2) is 10.8 Å². The zero-order valence-electron chi connectivity index (χ0n) is 9.06. The molecule has 5 heteroatoms. The van der Waals surface area contributed by atoms with E-state index in [2.05, 4.69) is 11.9 Å². The molecule has 0 aliphatic heterocycles. The van der Waals surface area contributed by atoms with E-state index in [0.717, 1.165) is 18.1 Å². The zero-order chi connectivity index (χ0) is 11.3. The summed E-state index contributed by atoms with van der Waals surface area (Å²) in [6, 6.07) is 0. The lowest BCUT2D eigenvalue weighted by Crippen LogP contribution is -2.18. The second-order valence-electron chi connectivity index (χ2n) is 3.45. The molecule has 0 radical (unpaired) electrons. The van der Waals surface area contributed by atoms with Crippen LogP contribution < -0.4 is 4.90 Å². The van der Waals surface area contributed by atoms with E-state index in [1.54, 1.807) is 5.38 Å². The number of nitrogens with zero attached hydrogens (tertiary/aromatic N) is 2. The number of carboxylic acids is 1. The van der Waals surface area contributed by atoms with Crippen LogP contribution in [0, 0.1) is 0 Å². The maximum absolute atomic E-state index is 10.6. The summed E-state index contributed by atoms with van der Waals surface area (Å²) < 4.78 is 0. The van der Waals surface area contributed by atoms with Gasteiger partial charge >= 0.3 is 5.97 Å². The number of thiazole rings is 1. The molecule has 0 unspecified atom stereocenters. The summed E-state index contributed by atoms with van der Waals surface area (Å²) in [6.07, 6.45) is 3.50. The van der Waals surface area contributed by atoms with Gasteiger partial charge in [-0.2, -0.15) is 0 Å². The van der Waals surface area contributed by atoms with Gasteiger partial charge in [-0.15, -0.1) is 11.3 Å². The van der Waals surface area contributed by atoms with Gasteiger partial charge < -0.3 is 10.0 Å². The number of aromatic nitrogens is 1. The van der Waals surface area contributed by atoms with Crippen LogP contribution in [0.15, 0.2) is 5.38 Å². The SMILES string of the molecule is CCCCCN(C)c1nc(C(=O)O)cs1. The molecule has 1 heterocycles. The van der Waals surface area contributed by atoms with Crippen LogP contribution >= 0.6 is 11.3 Å². The van der Waals surface area contributed by atoms with Crippen molar-refractivity contribution < 1.29 is 9.90 Å². The summed E-state index contributed by atoms with van der Waals surface area (Å²) in [5, 5.41) is 11.1. The molecule has 0 bridgehead atoms. The highest BCUT2D eigenvalue weighted by molar-refractivity contribution is 7.13. The Morgan fingerprint density at radius 3 is 2.87 bits per heavy atom. The Balaban J connectivity index is 2.50. The minimum Gasteiger partial charge on any atom is -0.476 e. The molecule has 0 aliphatic rings. The first-order valence-corrected chi connectivity index (χ1v) is 5.93. The molecule has 1 aromatic heterocycles. The van der Waals surface area contributed by atoms with Crippen LogP contribution in [-0.2, 0) is 0 Å². The van der Waals surface area contributed by atoms with Crippen molar-refractivity contribution in [3.8, 4) is 0 Å². The second-order valence-corrected chi connectivity index (χ2v) is 4.29. The van der Waals surface area contributed by atoms with Crippen molar-refractivity contribution in [2.45, 2.75) is 26.2 Å². The fraction of sp³-hybridized carbons (Fsp3) is 0.600. The van der Waals surface area contributed by atoms with Crippen molar-refractivity contribution in [2.75, 3.05) is 18.5 Å². The van der Waals surface area contributed by atoms with E-state index in [-0.39, 0.29) is 5.69 Å². The van der Waals surface area contributed by atoms with Gasteiger partial charge in [0.25, 0.3) is 0 Å². The average molecular weight is 228 g/mol. The fourth-order valence-corrected chi connectivity index (χ4v) is 2.03. The summed E-state index contributed by atoms with van der Waals surface area (Å²) in [4.78, 5) is 16.7. The highest BCUT2D eigenvalue weighted by atomic mass is 32.1. The average Bonchev–Trinajstić information content (AvgIpc) is 2.66. The summed E-state index contributed by atoms with van der Waals surface area (Å²) in [5.41, 5.74) is 0.136. The van der Waals surface area contributed by atoms with Crippen LogP contribution in [0.5, 0.6) is 0 Å². The van der Waals surface area contributed by atoms with Gasteiger partial charge in [-0.1, -0.05) is 19.8 Å². The number of carbonyl (C=O) groups is 1. The molecular weight excluding hydrogens is 212 g/mol. The Morgan fingerprint density at radius 2 is 2.33 bits per heavy atom. The monoisotopic (exact) mass is 228 g/mol. The largest absolute Gasteiger partial charge is 0.476 e. The lowest BCUT2D eigenvalue weighted by atomic mass is 10.2. The maximum Gasteiger partial charge on any atom is 0.355 e. The van der Waals surface area contributed by atoms with Crippen molar-refractivity contribution >= 4 is 22.4 Å². The van der Waals surface area contributed by atoms with Gasteiger partial charge in [0.1, 0.15) is 0 Å². The summed E-state index contributed by atoms with van der Waals surface area (Å²) >= 11 is 1.38. The molecule has 0 fully saturated rings. The van der Waals surface area contributed by atoms with Crippen LogP contribution in [0.1, 0.15) is 36.7 Å². The molecule has 1 rings (SSSR count). The van der Waals surface area contributed by atoms with Crippen molar-refractivity contribution in [3.63, 3.8) is 0 Å². The standard InChI is InChI=1S/C10H16N2O2S/c1-3-4-5-6-12(2)10-11-8(7-15-10)9(13)14/h7H,3-6H2,1-2H3,(H,13,14). The van der Waals surface area contributed by atoms with Crippen molar-refractivity contribution in [2.24, 2.45) is 0 Å². The highest BCUT2D eigenvalue weighted by Gasteiger charge is 2.10. The van der Waals surface area contributed by atoms with E-state index in [1.807, 2.05) is 11.9 Å². The van der Waals surface area contributed by atoms with Crippen molar-refractivity contribution in [1.82, 2.24) is 4.98 Å². The molecule has 0 saturated carbocycles. The Hall–Kier alpha value is -1.10. The molecule has 0 spiro atoms. The van der Waals surface area contributed by atoms with Gasteiger partial charge in [0.05, 0.1) is 0 Å². The number of hydrogen-bond donors (Lipinski definition) is 1. The highest BCUT2D eigenvalue weighted by Crippen LogP contribution is 2.19. The zero-order valence-corrected chi connectivity index (χ0v) is 9.88. The van der Waals surface area contributed by atoms with E-state index in [0.29, 0.717) is 0 Å². The quantitative estimate of drug-likeness (QED) is 0.760. The summed E-state index contributed by atoms with van der Waals surface area (Å²) in [7, 11) is 1.94. The topological polar surface area (TPSA) is 53.4 Å². The van der Waals surface area contributed by atoms with Crippen molar-refractivity contribution in [1.29, 1.82) is 0 Å². The van der Waals surface area contributed by atoms with E-state index in [1.165, 1.54) is 24.2 Å². The molecule has 0 aromatic carbocycles. The number of carboxylic acid groups (broad SMARTS) is 1. The van der Waals surface area contributed by atoms with E-state index >= 15 is 0 Å². The lowest BCUT2D eigenvalue weighted by Gasteiger charge is -2.14. The van der Waals surface area contributed by atoms with Crippen LogP contribution in [0.25, 0.3) is 0 Å². The fourth-order valence-electron chi connectivity index (χ4n) is 1.23. The Morgan fingerprint density at radius 1 is 1.60 bits per heavy atom. The molecule has 15 heavy (non-hydrogen) atoms. The third-order valence-corrected chi connectivity index (χ3v) is 3.09. The van der Waals surface area contributed by atoms with Gasteiger partial charge in [0, 0.05) is 19.0 Å². The van der Waals surface area contributed by atoms with Gasteiger partial charge in [-0.3, -0.25) is 0 Å². The minimum atomic E-state index is -0.959. The molecule has 0 atom stereocenters. The van der Waals surface area contributed by atoms with Gasteiger partial charge in [-0.25, -0.2) is 9.78 Å². The first-order valence-electron chi connectivity index (χ1n) is 5.05. The number of hydrogen-bond acceptors (Lipinski definition) is 4. The Kier molecular flexibility index (Phi) is 4.55. The van der Waals surface area contributed by atoms with E-state index in [9.17, 15) is 4.79 Å². The Labute approximate surface area is 93.6 Å². The van der Waals surface area contributed by atoms with Crippen LogP contribution in [0.3, 0.4) is 0 Å². The lowest BCUT2D eigenvalue weighted by molar-refractivity contribution is 0.0691. The number of aromatic carboxylic acids is 1. The molecule has 0 saturated heterocycles. The van der Waals surface area contributed by atoms with Gasteiger partial charge in [-0.05, 0) is 6.42 Å². The molecule has 84 valence electrons. The minimum absolute atomic E-state index is 0.136.